The van der Waals surface area contributed by atoms with Gasteiger partial charge in [-0.3, -0.25) is 0 Å². The van der Waals surface area contributed by atoms with Crippen LogP contribution in [0.15, 0.2) is 0 Å². The Hall–Kier alpha value is -0.0900. The summed E-state index contributed by atoms with van der Waals surface area (Å²) in [7, 11) is -2.89. The second-order valence-electron chi connectivity index (χ2n) is 5.50. The van der Waals surface area contributed by atoms with Gasteiger partial charge in [-0.1, -0.05) is 26.7 Å². The molecule has 96 valence electrons. The highest BCUT2D eigenvalue weighted by Crippen LogP contribution is 2.40. The van der Waals surface area contributed by atoms with E-state index < -0.39 is 15.4 Å². The molecule has 1 saturated carbocycles. The summed E-state index contributed by atoms with van der Waals surface area (Å²) in [5.74, 6) is 1.01. The van der Waals surface area contributed by atoms with Crippen LogP contribution in [0.1, 0.15) is 46.0 Å². The van der Waals surface area contributed by atoms with Crippen LogP contribution in [0, 0.1) is 11.8 Å². The SMILES string of the molecule is CC1CCCC(O)(CCCS(C)(=O)=O)C1C. The first-order valence-electron chi connectivity index (χ1n) is 6.15. The lowest BCUT2D eigenvalue weighted by atomic mass is 9.69. The fourth-order valence-electron chi connectivity index (χ4n) is 2.73. The fraction of sp³-hybridized carbons (Fsp3) is 1.00. The molecule has 4 heteroatoms. The minimum atomic E-state index is -2.89. The molecule has 0 bridgehead atoms. The van der Waals surface area contributed by atoms with Crippen molar-refractivity contribution in [1.29, 1.82) is 0 Å². The Morgan fingerprint density at radius 1 is 1.38 bits per heavy atom. The summed E-state index contributed by atoms with van der Waals surface area (Å²) in [4.78, 5) is 0. The van der Waals surface area contributed by atoms with Gasteiger partial charge in [-0.05, 0) is 31.1 Å². The van der Waals surface area contributed by atoms with Crippen LogP contribution in [-0.4, -0.2) is 31.1 Å². The van der Waals surface area contributed by atoms with Crippen molar-refractivity contribution in [3.05, 3.63) is 0 Å². The summed E-state index contributed by atoms with van der Waals surface area (Å²) in [6, 6.07) is 0. The summed E-state index contributed by atoms with van der Waals surface area (Å²) in [6.07, 6.45) is 5.50. The number of sulfone groups is 1. The quantitative estimate of drug-likeness (QED) is 0.828. The molecule has 0 saturated heterocycles. The van der Waals surface area contributed by atoms with Gasteiger partial charge in [0, 0.05) is 12.0 Å². The number of hydrogen-bond donors (Lipinski definition) is 1. The van der Waals surface area contributed by atoms with Crippen molar-refractivity contribution in [2.75, 3.05) is 12.0 Å². The molecular formula is C12H24O3S. The van der Waals surface area contributed by atoms with Crippen LogP contribution in [0.5, 0.6) is 0 Å². The third-order valence-corrected chi connectivity index (χ3v) is 5.13. The van der Waals surface area contributed by atoms with Crippen molar-refractivity contribution < 1.29 is 13.5 Å². The van der Waals surface area contributed by atoms with Crippen LogP contribution in [0.25, 0.3) is 0 Å². The van der Waals surface area contributed by atoms with Crippen molar-refractivity contribution in [1.82, 2.24) is 0 Å². The first-order valence-corrected chi connectivity index (χ1v) is 8.21. The summed E-state index contributed by atoms with van der Waals surface area (Å²) < 4.78 is 22.1. The number of rotatable bonds is 4. The molecule has 16 heavy (non-hydrogen) atoms. The van der Waals surface area contributed by atoms with Crippen molar-refractivity contribution in [2.24, 2.45) is 11.8 Å². The van der Waals surface area contributed by atoms with Crippen LogP contribution in [0.4, 0.5) is 0 Å². The molecule has 0 amide bonds. The Morgan fingerprint density at radius 3 is 2.56 bits per heavy atom. The van der Waals surface area contributed by atoms with E-state index in [1.807, 2.05) is 0 Å². The molecule has 0 aromatic heterocycles. The van der Waals surface area contributed by atoms with E-state index in [0.29, 0.717) is 18.8 Å². The predicted molar refractivity (Wildman–Crippen MR) is 66.1 cm³/mol. The monoisotopic (exact) mass is 248 g/mol. The standard InChI is InChI=1S/C12H24O3S/c1-10-6-4-7-12(13,11(10)2)8-5-9-16(3,14)15/h10-11,13H,4-9H2,1-3H3. The van der Waals surface area contributed by atoms with Crippen molar-refractivity contribution in [2.45, 2.75) is 51.6 Å². The van der Waals surface area contributed by atoms with Gasteiger partial charge in [0.05, 0.1) is 5.60 Å². The minimum absolute atomic E-state index is 0.191. The average molecular weight is 248 g/mol. The van der Waals surface area contributed by atoms with E-state index in [0.717, 1.165) is 12.8 Å². The van der Waals surface area contributed by atoms with Gasteiger partial charge in [0.25, 0.3) is 0 Å². The zero-order valence-electron chi connectivity index (χ0n) is 10.6. The zero-order valence-corrected chi connectivity index (χ0v) is 11.4. The molecule has 1 aliphatic rings. The van der Waals surface area contributed by atoms with E-state index in [2.05, 4.69) is 13.8 Å². The third-order valence-electron chi connectivity index (χ3n) is 4.10. The molecule has 0 aliphatic heterocycles. The lowest BCUT2D eigenvalue weighted by Crippen LogP contribution is -2.43. The summed E-state index contributed by atoms with van der Waals surface area (Å²) >= 11 is 0. The highest BCUT2D eigenvalue weighted by atomic mass is 32.2. The molecule has 0 radical (unpaired) electrons. The van der Waals surface area contributed by atoms with Crippen LogP contribution in [0.2, 0.25) is 0 Å². The van der Waals surface area contributed by atoms with Gasteiger partial charge in [-0.2, -0.15) is 0 Å². The smallest absolute Gasteiger partial charge is 0.147 e. The second kappa shape index (κ2) is 5.05. The summed E-state index contributed by atoms with van der Waals surface area (Å²) in [5, 5.41) is 10.5. The zero-order chi connectivity index (χ0) is 12.4. The molecule has 1 rings (SSSR count). The van der Waals surface area contributed by atoms with Gasteiger partial charge in [-0.15, -0.1) is 0 Å². The lowest BCUT2D eigenvalue weighted by molar-refractivity contribution is -0.0690. The highest BCUT2D eigenvalue weighted by molar-refractivity contribution is 7.90. The summed E-state index contributed by atoms with van der Waals surface area (Å²) in [5.41, 5.74) is -0.637. The third kappa shape index (κ3) is 3.74. The normalized spacial score (nSPS) is 36.2. The van der Waals surface area contributed by atoms with Gasteiger partial charge in [0.2, 0.25) is 0 Å². The average Bonchev–Trinajstić information content (AvgIpc) is 2.12. The van der Waals surface area contributed by atoms with Gasteiger partial charge >= 0.3 is 0 Å². The van der Waals surface area contributed by atoms with E-state index in [-0.39, 0.29) is 11.7 Å². The number of hydrogen-bond acceptors (Lipinski definition) is 3. The Labute approximate surface area is 99.2 Å². The van der Waals surface area contributed by atoms with Crippen molar-refractivity contribution >= 4 is 9.84 Å². The van der Waals surface area contributed by atoms with E-state index >= 15 is 0 Å². The maximum Gasteiger partial charge on any atom is 0.147 e. The Kier molecular flexibility index (Phi) is 4.41. The van der Waals surface area contributed by atoms with Crippen LogP contribution in [-0.2, 0) is 9.84 Å². The molecular weight excluding hydrogens is 224 g/mol. The van der Waals surface area contributed by atoms with E-state index in [4.69, 9.17) is 0 Å². The molecule has 1 N–H and O–H groups in total. The highest BCUT2D eigenvalue weighted by Gasteiger charge is 2.39. The molecule has 1 aliphatic carbocycles. The molecule has 3 unspecified atom stereocenters. The second-order valence-corrected chi connectivity index (χ2v) is 7.75. The van der Waals surface area contributed by atoms with E-state index in [1.165, 1.54) is 12.7 Å². The van der Waals surface area contributed by atoms with Gasteiger partial charge < -0.3 is 5.11 Å². The Balaban J connectivity index is 2.50. The fourth-order valence-corrected chi connectivity index (χ4v) is 3.40. The maximum absolute atomic E-state index is 11.0. The van der Waals surface area contributed by atoms with Gasteiger partial charge in [-0.25, -0.2) is 8.42 Å². The molecule has 0 aromatic carbocycles. The topological polar surface area (TPSA) is 54.4 Å². The predicted octanol–water partition coefficient (Wildman–Crippen LogP) is 2.00. The van der Waals surface area contributed by atoms with Crippen LogP contribution in [0.3, 0.4) is 0 Å². The minimum Gasteiger partial charge on any atom is -0.390 e. The molecule has 0 heterocycles. The first-order chi connectivity index (χ1) is 7.25. The van der Waals surface area contributed by atoms with E-state index in [9.17, 15) is 13.5 Å². The van der Waals surface area contributed by atoms with Crippen molar-refractivity contribution in [3.8, 4) is 0 Å². The number of aliphatic hydroxyl groups is 1. The Morgan fingerprint density at radius 2 is 2.00 bits per heavy atom. The van der Waals surface area contributed by atoms with Gasteiger partial charge in [0.15, 0.2) is 0 Å². The molecule has 0 spiro atoms. The molecule has 3 nitrogen and oxygen atoms in total. The molecule has 3 atom stereocenters. The summed E-state index contributed by atoms with van der Waals surface area (Å²) in [6.45, 7) is 4.26. The van der Waals surface area contributed by atoms with E-state index in [1.54, 1.807) is 0 Å². The van der Waals surface area contributed by atoms with Crippen LogP contribution >= 0.6 is 0 Å². The molecule has 0 aromatic rings. The van der Waals surface area contributed by atoms with Gasteiger partial charge in [0.1, 0.15) is 9.84 Å². The Bertz CT molecular complexity index is 323. The van der Waals surface area contributed by atoms with Crippen molar-refractivity contribution in [3.63, 3.8) is 0 Å². The largest absolute Gasteiger partial charge is 0.390 e. The van der Waals surface area contributed by atoms with Crippen LogP contribution < -0.4 is 0 Å². The first kappa shape index (κ1) is 14.0. The maximum atomic E-state index is 11.0. The molecule has 1 fully saturated rings. The lowest BCUT2D eigenvalue weighted by Gasteiger charge is -2.42.